The highest BCUT2D eigenvalue weighted by Crippen LogP contribution is 2.29. The molecule has 0 bridgehead atoms. The van der Waals surface area contributed by atoms with Crippen LogP contribution in [0.5, 0.6) is 11.6 Å². The summed E-state index contributed by atoms with van der Waals surface area (Å²) in [5, 5.41) is 3.30. The van der Waals surface area contributed by atoms with Gasteiger partial charge in [0, 0.05) is 18.8 Å². The van der Waals surface area contributed by atoms with E-state index in [0.717, 1.165) is 24.4 Å². The highest BCUT2D eigenvalue weighted by Gasteiger charge is 2.08. The maximum Gasteiger partial charge on any atom is 0.219 e. The van der Waals surface area contributed by atoms with E-state index >= 15 is 0 Å². The Labute approximate surface area is 121 Å². The zero-order valence-electron chi connectivity index (χ0n) is 12.7. The lowest BCUT2D eigenvalue weighted by Crippen LogP contribution is -2.11. The molecule has 1 N–H and O–H groups in total. The molecule has 0 saturated heterocycles. The smallest absolute Gasteiger partial charge is 0.219 e. The van der Waals surface area contributed by atoms with Crippen molar-refractivity contribution < 1.29 is 4.74 Å². The zero-order valence-corrected chi connectivity index (χ0v) is 12.7. The van der Waals surface area contributed by atoms with Crippen LogP contribution in [0, 0.1) is 20.8 Å². The van der Waals surface area contributed by atoms with Crippen molar-refractivity contribution in [3.63, 3.8) is 0 Å². The highest BCUT2D eigenvalue weighted by molar-refractivity contribution is 5.46. The lowest BCUT2D eigenvalue weighted by molar-refractivity contribution is 0.454. The number of nitrogens with zero attached hydrogens (tertiary/aromatic N) is 1. The Morgan fingerprint density at radius 2 is 1.85 bits per heavy atom. The molecule has 0 aliphatic carbocycles. The van der Waals surface area contributed by atoms with Gasteiger partial charge in [-0.1, -0.05) is 19.1 Å². The number of hydrogen-bond donors (Lipinski definition) is 1. The van der Waals surface area contributed by atoms with Gasteiger partial charge in [-0.3, -0.25) is 0 Å². The molecule has 0 atom stereocenters. The molecule has 2 aromatic rings. The Morgan fingerprint density at radius 1 is 1.10 bits per heavy atom. The molecule has 0 aliphatic rings. The molecule has 20 heavy (non-hydrogen) atoms. The molecule has 0 unspecified atom stereocenters. The summed E-state index contributed by atoms with van der Waals surface area (Å²) in [6.07, 6.45) is 1.79. The summed E-state index contributed by atoms with van der Waals surface area (Å²) < 4.78 is 6.00. The topological polar surface area (TPSA) is 34.2 Å². The Kier molecular flexibility index (Phi) is 4.74. The molecule has 0 amide bonds. The van der Waals surface area contributed by atoms with E-state index in [4.69, 9.17) is 4.74 Å². The van der Waals surface area contributed by atoms with Crippen LogP contribution < -0.4 is 10.1 Å². The minimum atomic E-state index is 0.650. The molecule has 1 aromatic carbocycles. The number of pyridine rings is 1. The predicted molar refractivity (Wildman–Crippen MR) is 82.3 cm³/mol. The molecule has 0 fully saturated rings. The third-order valence-corrected chi connectivity index (χ3v) is 3.46. The molecule has 106 valence electrons. The maximum absolute atomic E-state index is 6.00. The Morgan fingerprint density at radius 3 is 2.60 bits per heavy atom. The van der Waals surface area contributed by atoms with Gasteiger partial charge in [0.05, 0.1) is 0 Å². The molecular formula is C17H22N2O. The summed E-state index contributed by atoms with van der Waals surface area (Å²) in [5.41, 5.74) is 4.71. The standard InChI is InChI=1S/C17H22N2O/c1-5-18-11-15-8-9-19-16(10-15)20-17-13(3)7-6-12(2)14(17)4/h6-10,18H,5,11H2,1-4H3. The van der Waals surface area contributed by atoms with Gasteiger partial charge in [0.25, 0.3) is 0 Å². The molecule has 0 saturated carbocycles. The van der Waals surface area contributed by atoms with E-state index in [1.165, 1.54) is 16.7 Å². The highest BCUT2D eigenvalue weighted by atomic mass is 16.5. The van der Waals surface area contributed by atoms with E-state index < -0.39 is 0 Å². The van der Waals surface area contributed by atoms with Gasteiger partial charge in [-0.25, -0.2) is 4.98 Å². The number of aromatic nitrogens is 1. The predicted octanol–water partition coefficient (Wildman–Crippen LogP) is 3.91. The number of aryl methyl sites for hydroxylation is 2. The van der Waals surface area contributed by atoms with Crippen LogP contribution in [0.3, 0.4) is 0 Å². The van der Waals surface area contributed by atoms with Crippen LogP contribution in [0.15, 0.2) is 30.5 Å². The first kappa shape index (κ1) is 14.5. The monoisotopic (exact) mass is 270 g/mol. The van der Waals surface area contributed by atoms with Gasteiger partial charge in [-0.2, -0.15) is 0 Å². The largest absolute Gasteiger partial charge is 0.438 e. The quantitative estimate of drug-likeness (QED) is 0.894. The summed E-state index contributed by atoms with van der Waals surface area (Å²) in [4.78, 5) is 4.30. The van der Waals surface area contributed by atoms with Crippen molar-refractivity contribution in [1.82, 2.24) is 10.3 Å². The van der Waals surface area contributed by atoms with Gasteiger partial charge in [0.1, 0.15) is 5.75 Å². The van der Waals surface area contributed by atoms with E-state index in [9.17, 15) is 0 Å². The molecular weight excluding hydrogens is 248 g/mol. The molecule has 0 radical (unpaired) electrons. The van der Waals surface area contributed by atoms with Gasteiger partial charge in [0.2, 0.25) is 5.88 Å². The molecule has 1 heterocycles. The summed E-state index contributed by atoms with van der Waals surface area (Å²) in [7, 11) is 0. The fourth-order valence-corrected chi connectivity index (χ4v) is 2.07. The second kappa shape index (κ2) is 6.53. The third kappa shape index (κ3) is 3.36. The van der Waals surface area contributed by atoms with Crippen molar-refractivity contribution in [3.05, 3.63) is 52.7 Å². The third-order valence-electron chi connectivity index (χ3n) is 3.46. The van der Waals surface area contributed by atoms with Gasteiger partial charge < -0.3 is 10.1 Å². The van der Waals surface area contributed by atoms with Gasteiger partial charge >= 0.3 is 0 Å². The van der Waals surface area contributed by atoms with E-state index in [0.29, 0.717) is 5.88 Å². The van der Waals surface area contributed by atoms with Crippen LogP contribution in [0.1, 0.15) is 29.2 Å². The molecule has 0 spiro atoms. The second-order valence-electron chi connectivity index (χ2n) is 5.04. The fraction of sp³-hybridized carbons (Fsp3) is 0.353. The number of ether oxygens (including phenoxy) is 1. The Hall–Kier alpha value is -1.87. The number of hydrogen-bond acceptors (Lipinski definition) is 3. The van der Waals surface area contributed by atoms with Crippen molar-refractivity contribution in [3.8, 4) is 11.6 Å². The zero-order chi connectivity index (χ0) is 14.5. The first-order valence-corrected chi connectivity index (χ1v) is 7.02. The minimum Gasteiger partial charge on any atom is -0.438 e. The van der Waals surface area contributed by atoms with Crippen molar-refractivity contribution in [2.45, 2.75) is 34.2 Å². The van der Waals surface area contributed by atoms with Crippen molar-refractivity contribution in [2.24, 2.45) is 0 Å². The second-order valence-corrected chi connectivity index (χ2v) is 5.04. The average Bonchev–Trinajstić information content (AvgIpc) is 2.46. The Bertz CT molecular complexity index is 594. The maximum atomic E-state index is 6.00. The van der Waals surface area contributed by atoms with Gasteiger partial charge in [0.15, 0.2) is 0 Å². The van der Waals surface area contributed by atoms with E-state index in [1.54, 1.807) is 6.20 Å². The van der Waals surface area contributed by atoms with Crippen LogP contribution in [0.2, 0.25) is 0 Å². The SMILES string of the molecule is CCNCc1ccnc(Oc2c(C)ccc(C)c2C)c1. The normalized spacial score (nSPS) is 10.6. The van der Waals surface area contributed by atoms with Gasteiger partial charge in [-0.05, 0) is 55.6 Å². The van der Waals surface area contributed by atoms with E-state index in [-0.39, 0.29) is 0 Å². The Balaban J connectivity index is 2.24. The molecule has 3 nitrogen and oxygen atoms in total. The van der Waals surface area contributed by atoms with E-state index in [2.05, 4.69) is 50.1 Å². The van der Waals surface area contributed by atoms with Crippen LogP contribution in [-0.4, -0.2) is 11.5 Å². The van der Waals surface area contributed by atoms with E-state index in [1.807, 2.05) is 12.1 Å². The molecule has 3 heteroatoms. The number of rotatable bonds is 5. The molecule has 1 aromatic heterocycles. The van der Waals surface area contributed by atoms with Crippen LogP contribution in [0.25, 0.3) is 0 Å². The molecule has 0 aliphatic heterocycles. The lowest BCUT2D eigenvalue weighted by Gasteiger charge is -2.13. The van der Waals surface area contributed by atoms with Crippen molar-refractivity contribution >= 4 is 0 Å². The summed E-state index contributed by atoms with van der Waals surface area (Å²) in [6.45, 7) is 10.1. The fourth-order valence-electron chi connectivity index (χ4n) is 2.07. The summed E-state index contributed by atoms with van der Waals surface area (Å²) in [5.74, 6) is 1.57. The van der Waals surface area contributed by atoms with Crippen LogP contribution in [-0.2, 0) is 6.54 Å². The lowest BCUT2D eigenvalue weighted by atomic mass is 10.1. The summed E-state index contributed by atoms with van der Waals surface area (Å²) in [6, 6.07) is 8.20. The van der Waals surface area contributed by atoms with Crippen molar-refractivity contribution in [1.29, 1.82) is 0 Å². The summed E-state index contributed by atoms with van der Waals surface area (Å²) >= 11 is 0. The first-order chi connectivity index (χ1) is 9.61. The minimum absolute atomic E-state index is 0.650. The van der Waals surface area contributed by atoms with Gasteiger partial charge in [-0.15, -0.1) is 0 Å². The number of nitrogens with one attached hydrogen (secondary N) is 1. The van der Waals surface area contributed by atoms with Crippen molar-refractivity contribution in [2.75, 3.05) is 6.54 Å². The first-order valence-electron chi connectivity index (χ1n) is 7.02. The van der Waals surface area contributed by atoms with Crippen LogP contribution >= 0.6 is 0 Å². The molecule has 2 rings (SSSR count). The van der Waals surface area contributed by atoms with Crippen LogP contribution in [0.4, 0.5) is 0 Å². The average molecular weight is 270 g/mol. The number of benzene rings is 1.